The molecule has 4 aromatic rings. The molecule has 1 saturated heterocycles. The maximum Gasteiger partial charge on any atom is 0.253 e. The number of benzene rings is 2. The Hall–Kier alpha value is -2.43. The van der Waals surface area contributed by atoms with E-state index in [-0.39, 0.29) is 5.91 Å². The van der Waals surface area contributed by atoms with Gasteiger partial charge < -0.3 is 9.80 Å². The van der Waals surface area contributed by atoms with Crippen molar-refractivity contribution in [1.82, 2.24) is 23.7 Å². The molecule has 0 radical (unpaired) electrons. The molecule has 2 aromatic heterocycles. The van der Waals surface area contributed by atoms with Gasteiger partial charge in [-0.15, -0.1) is 0 Å². The molecule has 8 heteroatoms. The summed E-state index contributed by atoms with van der Waals surface area (Å²) in [6, 6.07) is 12.5. The van der Waals surface area contributed by atoms with E-state index in [1.54, 1.807) is 9.12 Å². The van der Waals surface area contributed by atoms with E-state index in [9.17, 15) is 4.79 Å². The lowest BCUT2D eigenvalue weighted by molar-refractivity contribution is 0.0793. The second-order valence-electron chi connectivity index (χ2n) is 9.86. The molecule has 0 unspecified atom stereocenters. The molecular formula is C28H28IN5OS. The number of halogens is 1. The van der Waals surface area contributed by atoms with Crippen LogP contribution >= 0.6 is 30.3 Å². The van der Waals surface area contributed by atoms with Gasteiger partial charge in [0.05, 0.1) is 11.9 Å². The van der Waals surface area contributed by atoms with Crippen molar-refractivity contribution in [2.24, 2.45) is 0 Å². The Morgan fingerprint density at radius 2 is 1.83 bits per heavy atom. The van der Waals surface area contributed by atoms with Crippen molar-refractivity contribution in [1.29, 1.82) is 0 Å². The highest BCUT2D eigenvalue weighted by atomic mass is 127. The summed E-state index contributed by atoms with van der Waals surface area (Å²) in [6.07, 6.45) is 7.27. The molecule has 0 bridgehead atoms. The molecule has 0 N–H and O–H groups in total. The number of likely N-dealkylation sites (N-methyl/N-ethyl adjacent to an activating group) is 1. The highest BCUT2D eigenvalue weighted by Gasteiger charge is 2.21. The normalized spacial score (nSPS) is 16.0. The maximum atomic E-state index is 12.8. The van der Waals surface area contributed by atoms with Crippen molar-refractivity contribution in [3.05, 3.63) is 71.0 Å². The van der Waals surface area contributed by atoms with Crippen LogP contribution in [0.25, 0.3) is 33.5 Å². The minimum absolute atomic E-state index is 0.125. The van der Waals surface area contributed by atoms with E-state index in [0.29, 0.717) is 0 Å². The molecule has 0 atom stereocenters. The summed E-state index contributed by atoms with van der Waals surface area (Å²) < 4.78 is 2.05. The number of fused-ring (bicyclic) bond motifs is 2. The third kappa shape index (κ3) is 4.33. The van der Waals surface area contributed by atoms with Crippen molar-refractivity contribution >= 4 is 47.4 Å². The van der Waals surface area contributed by atoms with Gasteiger partial charge in [0.25, 0.3) is 5.91 Å². The molecule has 1 amide bonds. The number of carbonyl (C=O) groups is 1. The predicted molar refractivity (Wildman–Crippen MR) is 155 cm³/mol. The number of carbonyl (C=O) groups excluding carboxylic acids is 1. The number of amides is 1. The number of hydrogen-bond donors (Lipinski definition) is 0. The molecule has 6 rings (SSSR count). The first-order chi connectivity index (χ1) is 17.5. The van der Waals surface area contributed by atoms with Gasteiger partial charge in [-0.25, -0.2) is 9.97 Å². The summed E-state index contributed by atoms with van der Waals surface area (Å²) in [4.78, 5) is 27.1. The Morgan fingerprint density at radius 3 is 2.58 bits per heavy atom. The summed E-state index contributed by atoms with van der Waals surface area (Å²) in [5.41, 5.74) is 10.7. The average molecular weight is 610 g/mol. The van der Waals surface area contributed by atoms with Crippen LogP contribution in [0.1, 0.15) is 39.9 Å². The second kappa shape index (κ2) is 9.79. The first kappa shape index (κ1) is 23.9. The largest absolute Gasteiger partial charge is 0.339 e. The van der Waals surface area contributed by atoms with Crippen molar-refractivity contribution in [3.8, 4) is 22.4 Å². The molecule has 0 spiro atoms. The Balaban J connectivity index is 1.39. The van der Waals surface area contributed by atoms with Gasteiger partial charge in [0.15, 0.2) is 5.65 Å². The molecular weight excluding hydrogens is 581 g/mol. The Bertz CT molecular complexity index is 1460. The molecule has 2 aliphatic heterocycles. The molecule has 2 aliphatic rings. The van der Waals surface area contributed by atoms with Crippen LogP contribution in [0.5, 0.6) is 0 Å². The molecule has 4 heterocycles. The van der Waals surface area contributed by atoms with E-state index >= 15 is 0 Å². The Kier molecular flexibility index (Phi) is 6.51. The average Bonchev–Trinajstić information content (AvgIpc) is 3.56. The topological polar surface area (TPSA) is 54.3 Å². The van der Waals surface area contributed by atoms with Crippen LogP contribution in [0.2, 0.25) is 0 Å². The lowest BCUT2D eigenvalue weighted by Crippen LogP contribution is -2.27. The fourth-order valence-corrected chi connectivity index (χ4v) is 6.72. The predicted octanol–water partition coefficient (Wildman–Crippen LogP) is 6.14. The zero-order chi connectivity index (χ0) is 24.8. The molecule has 36 heavy (non-hydrogen) atoms. The van der Waals surface area contributed by atoms with Gasteiger partial charge in [0, 0.05) is 79.4 Å². The van der Waals surface area contributed by atoms with Crippen molar-refractivity contribution < 1.29 is 4.79 Å². The van der Waals surface area contributed by atoms with Crippen LogP contribution in [-0.4, -0.2) is 56.3 Å². The van der Waals surface area contributed by atoms with Crippen molar-refractivity contribution in [2.45, 2.75) is 32.7 Å². The van der Waals surface area contributed by atoms with Gasteiger partial charge in [-0.2, -0.15) is 0 Å². The third-order valence-corrected chi connectivity index (χ3v) is 9.12. The number of hydrogen-bond acceptors (Lipinski definition) is 5. The van der Waals surface area contributed by atoms with Gasteiger partial charge in [0.2, 0.25) is 0 Å². The number of aromatic nitrogens is 3. The van der Waals surface area contributed by atoms with E-state index < -0.39 is 0 Å². The first-order valence-electron chi connectivity index (χ1n) is 12.4. The summed E-state index contributed by atoms with van der Waals surface area (Å²) in [5.74, 6) is 0.125. The molecule has 2 aromatic carbocycles. The quantitative estimate of drug-likeness (QED) is 0.260. The van der Waals surface area contributed by atoms with Gasteiger partial charge in [-0.05, 0) is 79.8 Å². The van der Waals surface area contributed by atoms with Crippen LogP contribution < -0.4 is 0 Å². The molecule has 6 nitrogen and oxygen atoms in total. The first-order valence-corrected chi connectivity index (χ1v) is 15.7. The second-order valence-corrected chi connectivity index (χ2v) is 11.6. The van der Waals surface area contributed by atoms with Crippen molar-refractivity contribution in [3.63, 3.8) is 0 Å². The van der Waals surface area contributed by atoms with E-state index in [1.165, 1.54) is 16.7 Å². The van der Waals surface area contributed by atoms with Gasteiger partial charge in [-0.3, -0.25) is 8.77 Å². The van der Waals surface area contributed by atoms with Gasteiger partial charge in [0.1, 0.15) is 5.52 Å². The van der Waals surface area contributed by atoms with Crippen LogP contribution in [0.15, 0.2) is 48.8 Å². The van der Waals surface area contributed by atoms with Gasteiger partial charge in [-0.1, -0.05) is 12.1 Å². The fourth-order valence-electron chi connectivity index (χ4n) is 5.47. The van der Waals surface area contributed by atoms with Crippen LogP contribution in [-0.2, 0) is 13.0 Å². The number of likely N-dealkylation sites (tertiary alicyclic amines) is 1. The Morgan fingerprint density at radius 1 is 1.06 bits per heavy atom. The standard InChI is InChI=1S/C28H28IN5OS/c1-18-13-21(14-22-16-32(2)12-9-23(18)22)25-15-30-27-26(31-25)24(17-34(27)36-29)19-5-7-20(8-6-19)28(35)33-10-3-4-11-33/h5-8,13-15,17H,3-4,9-12,16H2,1-2H3. The van der Waals surface area contributed by atoms with E-state index in [1.807, 2.05) is 35.4 Å². The minimum atomic E-state index is 0.125. The smallest absolute Gasteiger partial charge is 0.253 e. The Labute approximate surface area is 227 Å². The summed E-state index contributed by atoms with van der Waals surface area (Å²) in [7, 11) is 3.76. The molecule has 1 fully saturated rings. The SMILES string of the molecule is Cc1cc(-c2cnc3c(n2)c(-c2ccc(C(=O)N4CCCC4)cc2)cn3SI)cc2c1CCN(C)C2. The zero-order valence-electron chi connectivity index (χ0n) is 20.5. The van der Waals surface area contributed by atoms with E-state index in [2.05, 4.69) is 62.4 Å². The number of aryl methyl sites for hydroxylation is 1. The van der Waals surface area contributed by atoms with Crippen LogP contribution in [0, 0.1) is 6.92 Å². The third-order valence-electron chi connectivity index (χ3n) is 7.42. The highest BCUT2D eigenvalue weighted by molar-refractivity contribution is 14.2. The van der Waals surface area contributed by atoms with Crippen LogP contribution in [0.3, 0.4) is 0 Å². The van der Waals surface area contributed by atoms with E-state index in [4.69, 9.17) is 9.97 Å². The lowest BCUT2D eigenvalue weighted by Gasteiger charge is -2.27. The van der Waals surface area contributed by atoms with E-state index in [0.717, 1.165) is 84.6 Å². The number of nitrogens with zero attached hydrogens (tertiary/aromatic N) is 5. The molecule has 0 saturated carbocycles. The summed E-state index contributed by atoms with van der Waals surface area (Å²) >= 11 is 2.28. The summed E-state index contributed by atoms with van der Waals surface area (Å²) in [5, 5.41) is 0. The highest BCUT2D eigenvalue weighted by Crippen LogP contribution is 2.35. The van der Waals surface area contributed by atoms with Crippen LogP contribution in [0.4, 0.5) is 0 Å². The fraction of sp³-hybridized carbons (Fsp3) is 0.321. The molecule has 184 valence electrons. The number of rotatable bonds is 4. The zero-order valence-corrected chi connectivity index (χ0v) is 23.5. The van der Waals surface area contributed by atoms with Crippen molar-refractivity contribution in [2.75, 3.05) is 26.7 Å². The van der Waals surface area contributed by atoms with Gasteiger partial charge >= 0.3 is 0 Å². The minimum Gasteiger partial charge on any atom is -0.339 e. The monoisotopic (exact) mass is 609 g/mol. The maximum absolute atomic E-state index is 12.8. The molecule has 0 aliphatic carbocycles. The lowest BCUT2D eigenvalue weighted by atomic mass is 9.92. The summed E-state index contributed by atoms with van der Waals surface area (Å²) in [6.45, 7) is 6.00.